The van der Waals surface area contributed by atoms with E-state index in [4.69, 9.17) is 4.43 Å². The molecule has 0 heterocycles. The average Bonchev–Trinajstić information content (AvgIpc) is 1.87. The van der Waals surface area contributed by atoms with Gasteiger partial charge in [0.2, 0.25) is 8.32 Å². The van der Waals surface area contributed by atoms with Crippen molar-refractivity contribution in [2.75, 3.05) is 7.11 Å². The van der Waals surface area contributed by atoms with Crippen molar-refractivity contribution in [3.05, 3.63) is 11.3 Å². The molecule has 0 atom stereocenters. The van der Waals surface area contributed by atoms with Crippen LogP contribution in [0.4, 0.5) is 0 Å². The van der Waals surface area contributed by atoms with Crippen molar-refractivity contribution < 1.29 is 9.22 Å². The number of carbonyl (C=O) groups is 1. The molecule has 0 rings (SSSR count). The number of hydrogen-bond donors (Lipinski definition) is 0. The SMILES string of the molecule is CO[Si](C)(C)C=C(C)C=O. The molecule has 0 radical (unpaired) electrons. The number of hydrogen-bond acceptors (Lipinski definition) is 2. The molecule has 58 valence electrons. The molecule has 0 bridgehead atoms. The molecule has 0 spiro atoms. The predicted octanol–water partition coefficient (Wildman–Crippen LogP) is 1.52. The minimum absolute atomic E-state index is 0.763. The van der Waals surface area contributed by atoms with E-state index in [1.165, 1.54) is 0 Å². The first-order valence-electron chi connectivity index (χ1n) is 3.21. The third-order valence-corrected chi connectivity index (χ3v) is 3.49. The van der Waals surface area contributed by atoms with Gasteiger partial charge in [0.25, 0.3) is 0 Å². The van der Waals surface area contributed by atoms with Gasteiger partial charge in [0, 0.05) is 7.11 Å². The summed E-state index contributed by atoms with van der Waals surface area (Å²) >= 11 is 0. The Morgan fingerprint density at radius 2 is 2.00 bits per heavy atom. The summed E-state index contributed by atoms with van der Waals surface area (Å²) in [5, 5.41) is 0. The highest BCUT2D eigenvalue weighted by atomic mass is 28.4. The summed E-state index contributed by atoms with van der Waals surface area (Å²) < 4.78 is 5.21. The second-order valence-corrected chi connectivity index (χ2v) is 6.72. The molecule has 0 amide bonds. The van der Waals surface area contributed by atoms with Gasteiger partial charge in [-0.2, -0.15) is 0 Å². The van der Waals surface area contributed by atoms with E-state index in [1.54, 1.807) is 14.0 Å². The summed E-state index contributed by atoms with van der Waals surface area (Å²) in [4.78, 5) is 10.2. The van der Waals surface area contributed by atoms with Gasteiger partial charge < -0.3 is 4.43 Å². The van der Waals surface area contributed by atoms with Crippen LogP contribution in [0.25, 0.3) is 0 Å². The van der Waals surface area contributed by atoms with E-state index in [9.17, 15) is 4.79 Å². The maximum Gasteiger partial charge on any atom is 0.210 e. The van der Waals surface area contributed by atoms with Crippen molar-refractivity contribution in [3.8, 4) is 0 Å². The average molecular weight is 158 g/mol. The lowest BCUT2D eigenvalue weighted by molar-refractivity contribution is -0.104. The Labute approximate surface area is 63.0 Å². The second-order valence-electron chi connectivity index (χ2n) is 2.81. The lowest BCUT2D eigenvalue weighted by atomic mass is 10.4. The van der Waals surface area contributed by atoms with Crippen molar-refractivity contribution in [3.63, 3.8) is 0 Å². The Morgan fingerprint density at radius 1 is 1.50 bits per heavy atom. The zero-order valence-corrected chi connectivity index (χ0v) is 7.97. The molecule has 0 aliphatic carbocycles. The van der Waals surface area contributed by atoms with Gasteiger partial charge in [-0.05, 0) is 25.6 Å². The lowest BCUT2D eigenvalue weighted by Gasteiger charge is -2.14. The molecule has 0 aromatic heterocycles. The van der Waals surface area contributed by atoms with Gasteiger partial charge >= 0.3 is 0 Å². The summed E-state index contributed by atoms with van der Waals surface area (Å²) in [5.41, 5.74) is 2.69. The highest BCUT2D eigenvalue weighted by molar-refractivity contribution is 6.76. The van der Waals surface area contributed by atoms with Gasteiger partial charge in [0.05, 0.1) is 0 Å². The van der Waals surface area contributed by atoms with Crippen molar-refractivity contribution >= 4 is 14.6 Å². The summed E-state index contributed by atoms with van der Waals surface area (Å²) in [6.45, 7) is 5.88. The van der Waals surface area contributed by atoms with Gasteiger partial charge in [-0.15, -0.1) is 0 Å². The second kappa shape index (κ2) is 3.68. The van der Waals surface area contributed by atoms with E-state index in [0.717, 1.165) is 11.9 Å². The molecule has 0 aromatic carbocycles. The summed E-state index contributed by atoms with van der Waals surface area (Å²) in [7, 11) is 0.0267. The molecular formula is C7H14O2Si. The Morgan fingerprint density at radius 3 is 2.30 bits per heavy atom. The van der Waals surface area contributed by atoms with Gasteiger partial charge in [-0.1, -0.05) is 5.70 Å². The highest BCUT2D eigenvalue weighted by Gasteiger charge is 2.16. The molecule has 0 aliphatic rings. The van der Waals surface area contributed by atoms with Gasteiger partial charge in [-0.25, -0.2) is 0 Å². The zero-order valence-electron chi connectivity index (χ0n) is 6.97. The fourth-order valence-electron chi connectivity index (χ4n) is 0.641. The van der Waals surface area contributed by atoms with Crippen molar-refractivity contribution in [2.45, 2.75) is 20.0 Å². The predicted molar refractivity (Wildman–Crippen MR) is 44.3 cm³/mol. The first-order valence-corrected chi connectivity index (χ1v) is 6.20. The van der Waals surface area contributed by atoms with E-state index in [0.29, 0.717) is 0 Å². The van der Waals surface area contributed by atoms with Gasteiger partial charge in [0.15, 0.2) is 0 Å². The maximum atomic E-state index is 10.2. The Balaban J connectivity index is 4.22. The van der Waals surface area contributed by atoms with Gasteiger partial charge in [0.1, 0.15) is 6.29 Å². The van der Waals surface area contributed by atoms with Crippen LogP contribution >= 0.6 is 0 Å². The van der Waals surface area contributed by atoms with Gasteiger partial charge in [-0.3, -0.25) is 4.79 Å². The van der Waals surface area contributed by atoms with Crippen LogP contribution in [0.3, 0.4) is 0 Å². The monoisotopic (exact) mass is 158 g/mol. The zero-order chi connectivity index (χ0) is 8.20. The summed E-state index contributed by atoms with van der Waals surface area (Å²) in [6, 6.07) is 0. The fourth-order valence-corrected chi connectivity index (χ4v) is 1.92. The third kappa shape index (κ3) is 3.58. The minimum atomic E-state index is -1.65. The van der Waals surface area contributed by atoms with E-state index < -0.39 is 8.32 Å². The highest BCUT2D eigenvalue weighted by Crippen LogP contribution is 2.06. The molecule has 0 N–H and O–H groups in total. The van der Waals surface area contributed by atoms with Crippen LogP contribution in [0.5, 0.6) is 0 Å². The van der Waals surface area contributed by atoms with E-state index >= 15 is 0 Å². The maximum absolute atomic E-state index is 10.2. The molecular weight excluding hydrogens is 144 g/mol. The largest absolute Gasteiger partial charge is 0.417 e. The van der Waals surface area contributed by atoms with Crippen LogP contribution in [0.1, 0.15) is 6.92 Å². The molecule has 3 heteroatoms. The standard InChI is InChI=1S/C7H14O2Si/c1-7(5-8)6-10(3,4)9-2/h5-6H,1-4H3. The lowest BCUT2D eigenvalue weighted by Crippen LogP contribution is -2.26. The van der Waals surface area contributed by atoms with E-state index in [2.05, 4.69) is 0 Å². The fraction of sp³-hybridized carbons (Fsp3) is 0.571. The first-order chi connectivity index (χ1) is 4.52. The Hall–Kier alpha value is -0.413. The quantitative estimate of drug-likeness (QED) is 0.353. The number of rotatable bonds is 3. The van der Waals surface area contributed by atoms with Crippen LogP contribution in [-0.4, -0.2) is 21.7 Å². The summed E-state index contributed by atoms with van der Waals surface area (Å²) in [6.07, 6.45) is 0.855. The third-order valence-electron chi connectivity index (χ3n) is 1.29. The first kappa shape index (κ1) is 9.59. The molecule has 0 fully saturated rings. The van der Waals surface area contributed by atoms with Crippen molar-refractivity contribution in [2.24, 2.45) is 0 Å². The normalized spacial score (nSPS) is 13.4. The molecule has 0 saturated heterocycles. The number of carbonyl (C=O) groups excluding carboxylic acids is 1. The summed E-state index contributed by atoms with van der Waals surface area (Å²) in [5.74, 6) is 0. The topological polar surface area (TPSA) is 26.3 Å². The molecule has 0 aromatic rings. The number of aldehydes is 1. The minimum Gasteiger partial charge on any atom is -0.417 e. The Bertz CT molecular complexity index is 150. The van der Waals surface area contributed by atoms with Crippen molar-refractivity contribution in [1.29, 1.82) is 0 Å². The molecule has 10 heavy (non-hydrogen) atoms. The van der Waals surface area contributed by atoms with Crippen LogP contribution in [-0.2, 0) is 9.22 Å². The van der Waals surface area contributed by atoms with E-state index in [1.807, 2.05) is 18.8 Å². The van der Waals surface area contributed by atoms with Crippen LogP contribution in [0, 0.1) is 0 Å². The van der Waals surface area contributed by atoms with Crippen LogP contribution in [0.15, 0.2) is 11.3 Å². The molecule has 2 nitrogen and oxygen atoms in total. The molecule has 0 unspecified atom stereocenters. The smallest absolute Gasteiger partial charge is 0.210 e. The molecule has 0 aliphatic heterocycles. The molecule has 0 saturated carbocycles. The van der Waals surface area contributed by atoms with Crippen LogP contribution < -0.4 is 0 Å². The van der Waals surface area contributed by atoms with Crippen molar-refractivity contribution in [1.82, 2.24) is 0 Å². The Kier molecular flexibility index (Phi) is 3.53. The van der Waals surface area contributed by atoms with E-state index in [-0.39, 0.29) is 0 Å². The van der Waals surface area contributed by atoms with Crippen LogP contribution in [0.2, 0.25) is 13.1 Å². The number of allylic oxidation sites excluding steroid dienone is 1.